The monoisotopic (exact) mass is 222 g/mol. The van der Waals surface area contributed by atoms with Gasteiger partial charge in [0.25, 0.3) is 0 Å². The number of carbonyl (C=O) groups is 1. The second-order valence-electron chi connectivity index (χ2n) is 4.58. The predicted molar refractivity (Wildman–Crippen MR) is 62.8 cm³/mol. The summed E-state index contributed by atoms with van der Waals surface area (Å²) >= 11 is 0. The maximum Gasteiger partial charge on any atom is 0.193 e. The van der Waals surface area contributed by atoms with Crippen molar-refractivity contribution in [3.05, 3.63) is 29.8 Å². The zero-order valence-electron chi connectivity index (χ0n) is 10.2. The minimum absolute atomic E-state index is 0.107. The summed E-state index contributed by atoms with van der Waals surface area (Å²) in [5.74, 6) is 0.436. The molecule has 16 heavy (non-hydrogen) atoms. The van der Waals surface area contributed by atoms with Gasteiger partial charge in [-0.1, -0.05) is 0 Å². The van der Waals surface area contributed by atoms with E-state index in [-0.39, 0.29) is 11.9 Å². The topological polar surface area (TPSA) is 46.5 Å². The molecule has 88 valence electrons. The quantitative estimate of drug-likeness (QED) is 0.796. The Morgan fingerprint density at radius 1 is 1.25 bits per heavy atom. The lowest BCUT2D eigenvalue weighted by molar-refractivity contribution is 0.0488. The highest BCUT2D eigenvalue weighted by molar-refractivity contribution is 6.01. The first-order valence-corrected chi connectivity index (χ1v) is 5.34. The first-order valence-electron chi connectivity index (χ1n) is 5.34. The molecule has 0 aliphatic rings. The number of ether oxygens (including phenoxy) is 1. The minimum atomic E-state index is -1.33. The summed E-state index contributed by atoms with van der Waals surface area (Å²) in [7, 11) is 0. The molecule has 1 aromatic carbocycles. The van der Waals surface area contributed by atoms with Crippen molar-refractivity contribution >= 4 is 5.78 Å². The van der Waals surface area contributed by atoms with E-state index in [2.05, 4.69) is 0 Å². The smallest absolute Gasteiger partial charge is 0.193 e. The average Bonchev–Trinajstić information content (AvgIpc) is 2.15. The summed E-state index contributed by atoms with van der Waals surface area (Å²) in [4.78, 5) is 11.7. The van der Waals surface area contributed by atoms with Gasteiger partial charge in [0.1, 0.15) is 11.4 Å². The van der Waals surface area contributed by atoms with Crippen LogP contribution in [0.4, 0.5) is 0 Å². The molecular formula is C13H18O3. The summed E-state index contributed by atoms with van der Waals surface area (Å²) in [6.45, 7) is 6.84. The van der Waals surface area contributed by atoms with Crippen LogP contribution in [0.5, 0.6) is 5.75 Å². The predicted octanol–water partition coefficient (Wildman–Crippen LogP) is 2.43. The third-order valence-electron chi connectivity index (χ3n) is 2.04. The number of benzene rings is 1. The lowest BCUT2D eigenvalue weighted by atomic mass is 9.97. The maximum absolute atomic E-state index is 11.7. The van der Waals surface area contributed by atoms with Crippen molar-refractivity contribution in [3.8, 4) is 5.75 Å². The van der Waals surface area contributed by atoms with E-state index in [1.54, 1.807) is 24.3 Å². The minimum Gasteiger partial charge on any atom is -0.491 e. The lowest BCUT2D eigenvalue weighted by Crippen LogP contribution is -2.30. The van der Waals surface area contributed by atoms with Crippen LogP contribution in [0, 0.1) is 0 Å². The van der Waals surface area contributed by atoms with Crippen LogP contribution in [0.25, 0.3) is 0 Å². The Bertz CT molecular complexity index is 358. The number of hydrogen-bond donors (Lipinski definition) is 1. The molecule has 0 saturated carbocycles. The number of aliphatic hydroxyl groups is 1. The van der Waals surface area contributed by atoms with Gasteiger partial charge in [-0.15, -0.1) is 0 Å². The Morgan fingerprint density at radius 3 is 2.12 bits per heavy atom. The van der Waals surface area contributed by atoms with E-state index < -0.39 is 5.60 Å². The van der Waals surface area contributed by atoms with Gasteiger partial charge in [0.2, 0.25) is 0 Å². The SMILES string of the molecule is CC(C)Oc1ccc(C(=O)C(C)(C)O)cc1. The number of hydrogen-bond acceptors (Lipinski definition) is 3. The van der Waals surface area contributed by atoms with Crippen LogP contribution in [0.15, 0.2) is 24.3 Å². The van der Waals surface area contributed by atoms with Gasteiger partial charge >= 0.3 is 0 Å². The van der Waals surface area contributed by atoms with Gasteiger partial charge in [-0.3, -0.25) is 4.79 Å². The molecule has 0 bridgehead atoms. The highest BCUT2D eigenvalue weighted by Crippen LogP contribution is 2.17. The van der Waals surface area contributed by atoms with Crippen LogP contribution in [0.1, 0.15) is 38.1 Å². The molecule has 1 aromatic rings. The van der Waals surface area contributed by atoms with E-state index in [1.165, 1.54) is 13.8 Å². The molecule has 0 aliphatic heterocycles. The first kappa shape index (κ1) is 12.7. The van der Waals surface area contributed by atoms with Crippen molar-refractivity contribution in [2.24, 2.45) is 0 Å². The van der Waals surface area contributed by atoms with Gasteiger partial charge < -0.3 is 9.84 Å². The average molecular weight is 222 g/mol. The van der Waals surface area contributed by atoms with Crippen LogP contribution in [-0.4, -0.2) is 22.6 Å². The highest BCUT2D eigenvalue weighted by atomic mass is 16.5. The van der Waals surface area contributed by atoms with Crippen LogP contribution in [0.3, 0.4) is 0 Å². The maximum atomic E-state index is 11.7. The molecule has 0 spiro atoms. The van der Waals surface area contributed by atoms with E-state index in [9.17, 15) is 9.90 Å². The summed E-state index contributed by atoms with van der Waals surface area (Å²) in [5.41, 5.74) is -0.843. The van der Waals surface area contributed by atoms with E-state index in [4.69, 9.17) is 4.74 Å². The second-order valence-corrected chi connectivity index (χ2v) is 4.58. The number of rotatable bonds is 4. The van der Waals surface area contributed by atoms with Gasteiger partial charge in [-0.2, -0.15) is 0 Å². The summed E-state index contributed by atoms with van der Waals surface area (Å²) in [6, 6.07) is 6.80. The zero-order valence-corrected chi connectivity index (χ0v) is 10.2. The Hall–Kier alpha value is -1.35. The van der Waals surface area contributed by atoms with Crippen LogP contribution in [-0.2, 0) is 0 Å². The third kappa shape index (κ3) is 3.35. The van der Waals surface area contributed by atoms with Gasteiger partial charge in [-0.25, -0.2) is 0 Å². The molecule has 0 aliphatic carbocycles. The van der Waals surface area contributed by atoms with Crippen molar-refractivity contribution in [2.75, 3.05) is 0 Å². The Kier molecular flexibility index (Phi) is 3.70. The van der Waals surface area contributed by atoms with Gasteiger partial charge in [0, 0.05) is 5.56 Å². The molecule has 0 saturated heterocycles. The second kappa shape index (κ2) is 4.66. The van der Waals surface area contributed by atoms with Crippen molar-refractivity contribution in [1.82, 2.24) is 0 Å². The van der Waals surface area contributed by atoms with Crippen molar-refractivity contribution in [2.45, 2.75) is 39.4 Å². The normalized spacial score (nSPS) is 11.6. The fourth-order valence-electron chi connectivity index (χ4n) is 1.31. The Balaban J connectivity index is 2.83. The largest absolute Gasteiger partial charge is 0.491 e. The van der Waals surface area contributed by atoms with E-state index >= 15 is 0 Å². The fourth-order valence-corrected chi connectivity index (χ4v) is 1.31. The zero-order chi connectivity index (χ0) is 12.3. The summed E-state index contributed by atoms with van der Waals surface area (Å²) < 4.78 is 5.46. The van der Waals surface area contributed by atoms with Crippen molar-refractivity contribution in [3.63, 3.8) is 0 Å². The van der Waals surface area contributed by atoms with E-state index in [0.717, 1.165) is 5.75 Å². The molecule has 0 radical (unpaired) electrons. The van der Waals surface area contributed by atoms with E-state index in [0.29, 0.717) is 5.56 Å². The molecule has 3 nitrogen and oxygen atoms in total. The molecule has 0 heterocycles. The standard InChI is InChI=1S/C13H18O3/c1-9(2)16-11-7-5-10(6-8-11)12(14)13(3,4)15/h5-9,15H,1-4H3. The molecule has 0 atom stereocenters. The number of carbonyl (C=O) groups excluding carboxylic acids is 1. The molecule has 0 unspecified atom stereocenters. The van der Waals surface area contributed by atoms with Gasteiger partial charge in [-0.05, 0) is 52.0 Å². The summed E-state index contributed by atoms with van der Waals surface area (Å²) in [6.07, 6.45) is 0.107. The van der Waals surface area contributed by atoms with Crippen LogP contribution >= 0.6 is 0 Å². The van der Waals surface area contributed by atoms with E-state index in [1.807, 2.05) is 13.8 Å². The van der Waals surface area contributed by atoms with Crippen LogP contribution in [0.2, 0.25) is 0 Å². The van der Waals surface area contributed by atoms with Crippen molar-refractivity contribution in [1.29, 1.82) is 0 Å². The van der Waals surface area contributed by atoms with Crippen molar-refractivity contribution < 1.29 is 14.6 Å². The molecule has 3 heteroatoms. The molecule has 0 amide bonds. The van der Waals surface area contributed by atoms with Gasteiger partial charge in [0.05, 0.1) is 6.10 Å². The Morgan fingerprint density at radius 2 is 1.75 bits per heavy atom. The molecule has 0 fully saturated rings. The fraction of sp³-hybridized carbons (Fsp3) is 0.462. The lowest BCUT2D eigenvalue weighted by Gasteiger charge is -2.16. The third-order valence-corrected chi connectivity index (χ3v) is 2.04. The van der Waals surface area contributed by atoms with Gasteiger partial charge in [0.15, 0.2) is 5.78 Å². The Labute approximate surface area is 96.1 Å². The molecule has 0 aromatic heterocycles. The highest BCUT2D eigenvalue weighted by Gasteiger charge is 2.24. The number of ketones is 1. The molecule has 1 N–H and O–H groups in total. The first-order chi connectivity index (χ1) is 7.30. The molecule has 1 rings (SSSR count). The van der Waals surface area contributed by atoms with Crippen LogP contribution < -0.4 is 4.74 Å². The summed E-state index contributed by atoms with van der Waals surface area (Å²) in [5, 5.41) is 9.57. The molecular weight excluding hydrogens is 204 g/mol. The number of Topliss-reactive ketones (excluding diaryl/α,β-unsaturated/α-hetero) is 1.